The zero-order valence-electron chi connectivity index (χ0n) is 18.0. The van der Waals surface area contributed by atoms with E-state index in [1.807, 2.05) is 25.9 Å². The number of hydrogen-bond donors (Lipinski definition) is 2. The SMILES string of the molecule is Cc1ccc(S(=O)(=O)N2CCCc3ccc(NC(=O)C(=O)NCCN(C)C)cc32)cc1. The fraction of sp³-hybridized carbons (Fsp3) is 0.364. The first-order valence-corrected chi connectivity index (χ1v) is 11.6. The van der Waals surface area contributed by atoms with Crippen molar-refractivity contribution < 1.29 is 18.0 Å². The van der Waals surface area contributed by atoms with Gasteiger partial charge in [-0.05, 0) is 63.7 Å². The second-order valence-corrected chi connectivity index (χ2v) is 9.71. The van der Waals surface area contributed by atoms with Crippen LogP contribution < -0.4 is 14.9 Å². The van der Waals surface area contributed by atoms with Crippen molar-refractivity contribution in [3.8, 4) is 0 Å². The van der Waals surface area contributed by atoms with E-state index in [2.05, 4.69) is 10.6 Å². The third kappa shape index (κ3) is 5.42. The molecule has 8 nitrogen and oxygen atoms in total. The van der Waals surface area contributed by atoms with Crippen LogP contribution in [0.25, 0.3) is 0 Å². The number of nitrogens with zero attached hydrogens (tertiary/aromatic N) is 2. The molecule has 0 bridgehead atoms. The van der Waals surface area contributed by atoms with Crippen LogP contribution in [0.2, 0.25) is 0 Å². The smallest absolute Gasteiger partial charge is 0.313 e. The summed E-state index contributed by atoms with van der Waals surface area (Å²) in [6.07, 6.45) is 1.45. The van der Waals surface area contributed by atoms with Crippen LogP contribution in [0.5, 0.6) is 0 Å². The Morgan fingerprint density at radius 3 is 2.45 bits per heavy atom. The summed E-state index contributed by atoms with van der Waals surface area (Å²) in [5, 5.41) is 5.12. The van der Waals surface area contributed by atoms with Gasteiger partial charge in [0, 0.05) is 25.3 Å². The van der Waals surface area contributed by atoms with Gasteiger partial charge in [-0.25, -0.2) is 8.42 Å². The second kappa shape index (κ2) is 9.49. The first-order valence-electron chi connectivity index (χ1n) is 10.1. The Balaban J connectivity index is 1.80. The van der Waals surface area contributed by atoms with Gasteiger partial charge in [-0.3, -0.25) is 13.9 Å². The minimum atomic E-state index is -3.74. The summed E-state index contributed by atoms with van der Waals surface area (Å²) in [7, 11) is 0.00433. The maximum absolute atomic E-state index is 13.2. The van der Waals surface area contributed by atoms with Crippen LogP contribution in [-0.2, 0) is 26.0 Å². The molecule has 0 atom stereocenters. The van der Waals surface area contributed by atoms with Crippen molar-refractivity contribution in [2.75, 3.05) is 43.4 Å². The Morgan fingerprint density at radius 1 is 1.06 bits per heavy atom. The minimum absolute atomic E-state index is 0.223. The lowest BCUT2D eigenvalue weighted by molar-refractivity contribution is -0.136. The third-order valence-electron chi connectivity index (χ3n) is 5.08. The summed E-state index contributed by atoms with van der Waals surface area (Å²) in [5.41, 5.74) is 2.76. The minimum Gasteiger partial charge on any atom is -0.347 e. The lowest BCUT2D eigenvalue weighted by Gasteiger charge is -2.31. The predicted octanol–water partition coefficient (Wildman–Crippen LogP) is 1.75. The largest absolute Gasteiger partial charge is 0.347 e. The van der Waals surface area contributed by atoms with E-state index in [-0.39, 0.29) is 4.90 Å². The number of fused-ring (bicyclic) bond motifs is 1. The van der Waals surface area contributed by atoms with E-state index in [0.29, 0.717) is 37.4 Å². The maximum atomic E-state index is 13.2. The average Bonchev–Trinajstić information content (AvgIpc) is 2.73. The fourth-order valence-electron chi connectivity index (χ4n) is 3.37. The number of aryl methyl sites for hydroxylation is 2. The molecule has 2 aromatic rings. The molecule has 0 unspecified atom stereocenters. The van der Waals surface area contributed by atoms with Gasteiger partial charge < -0.3 is 15.5 Å². The molecule has 3 rings (SSSR count). The van der Waals surface area contributed by atoms with E-state index in [0.717, 1.165) is 17.5 Å². The summed E-state index contributed by atoms with van der Waals surface area (Å²) < 4.78 is 27.9. The van der Waals surface area contributed by atoms with Crippen LogP contribution in [0.4, 0.5) is 11.4 Å². The Bertz CT molecular complexity index is 1070. The third-order valence-corrected chi connectivity index (χ3v) is 6.91. The Labute approximate surface area is 183 Å². The number of amides is 2. The first-order chi connectivity index (χ1) is 14.7. The number of hydrogen-bond acceptors (Lipinski definition) is 5. The standard InChI is InChI=1S/C22H28N4O4S/c1-16-6-10-19(11-7-16)31(29,30)26-13-4-5-17-8-9-18(15-20(17)26)24-22(28)21(27)23-12-14-25(2)3/h6-11,15H,4-5,12-14H2,1-3H3,(H,23,27)(H,24,28). The van der Waals surface area contributed by atoms with Crippen LogP contribution in [0.15, 0.2) is 47.4 Å². The average molecular weight is 445 g/mol. The van der Waals surface area contributed by atoms with E-state index >= 15 is 0 Å². The van der Waals surface area contributed by atoms with Gasteiger partial charge in [0.05, 0.1) is 10.6 Å². The van der Waals surface area contributed by atoms with E-state index in [4.69, 9.17) is 0 Å². The number of benzene rings is 2. The highest BCUT2D eigenvalue weighted by Gasteiger charge is 2.29. The number of sulfonamides is 1. The van der Waals surface area contributed by atoms with Gasteiger partial charge in [0.15, 0.2) is 0 Å². The number of carbonyl (C=O) groups excluding carboxylic acids is 2. The molecule has 2 N–H and O–H groups in total. The molecule has 9 heteroatoms. The van der Waals surface area contributed by atoms with Crippen molar-refractivity contribution in [3.63, 3.8) is 0 Å². The number of nitrogens with one attached hydrogen (secondary N) is 2. The molecule has 1 heterocycles. The Morgan fingerprint density at radius 2 is 1.77 bits per heavy atom. The zero-order chi connectivity index (χ0) is 22.6. The molecular formula is C22H28N4O4S. The molecule has 166 valence electrons. The number of rotatable bonds is 6. The molecular weight excluding hydrogens is 416 g/mol. The molecule has 0 aliphatic carbocycles. The lowest BCUT2D eigenvalue weighted by Crippen LogP contribution is -2.39. The van der Waals surface area contributed by atoms with Crippen LogP contribution in [-0.4, -0.2) is 58.9 Å². The molecule has 0 aromatic heterocycles. The topological polar surface area (TPSA) is 98.8 Å². The second-order valence-electron chi connectivity index (χ2n) is 7.85. The lowest BCUT2D eigenvalue weighted by atomic mass is 10.0. The summed E-state index contributed by atoms with van der Waals surface area (Å²) in [4.78, 5) is 26.3. The molecule has 0 radical (unpaired) electrons. The molecule has 0 fully saturated rings. The number of anilines is 2. The Kier molecular flexibility index (Phi) is 6.97. The molecule has 2 aromatic carbocycles. The van der Waals surface area contributed by atoms with Crippen molar-refractivity contribution in [2.24, 2.45) is 0 Å². The molecule has 0 saturated carbocycles. The van der Waals surface area contributed by atoms with Crippen molar-refractivity contribution >= 4 is 33.2 Å². The number of carbonyl (C=O) groups is 2. The molecule has 1 aliphatic heterocycles. The van der Waals surface area contributed by atoms with E-state index in [1.165, 1.54) is 4.31 Å². The molecule has 2 amide bonds. The van der Waals surface area contributed by atoms with Crippen LogP contribution in [0.3, 0.4) is 0 Å². The van der Waals surface area contributed by atoms with Crippen molar-refractivity contribution in [3.05, 3.63) is 53.6 Å². The quantitative estimate of drug-likeness (QED) is 0.662. The Hall–Kier alpha value is -2.91. The highest BCUT2D eigenvalue weighted by atomic mass is 32.2. The van der Waals surface area contributed by atoms with Gasteiger partial charge in [-0.1, -0.05) is 23.8 Å². The summed E-state index contributed by atoms with van der Waals surface area (Å²) in [6, 6.07) is 11.8. The van der Waals surface area contributed by atoms with Gasteiger partial charge in [-0.15, -0.1) is 0 Å². The predicted molar refractivity (Wildman–Crippen MR) is 121 cm³/mol. The van der Waals surface area contributed by atoms with E-state index < -0.39 is 21.8 Å². The van der Waals surface area contributed by atoms with E-state index in [1.54, 1.807) is 42.5 Å². The summed E-state index contributed by atoms with van der Waals surface area (Å²) in [5.74, 6) is -1.52. The highest BCUT2D eigenvalue weighted by Crippen LogP contribution is 2.34. The van der Waals surface area contributed by atoms with Crippen LogP contribution in [0.1, 0.15) is 17.5 Å². The highest BCUT2D eigenvalue weighted by molar-refractivity contribution is 7.92. The van der Waals surface area contributed by atoms with Gasteiger partial charge in [0.2, 0.25) is 0 Å². The zero-order valence-corrected chi connectivity index (χ0v) is 18.8. The monoisotopic (exact) mass is 444 g/mol. The van der Waals surface area contributed by atoms with Gasteiger partial charge >= 0.3 is 11.8 Å². The van der Waals surface area contributed by atoms with E-state index in [9.17, 15) is 18.0 Å². The van der Waals surface area contributed by atoms with Crippen LogP contribution >= 0.6 is 0 Å². The van der Waals surface area contributed by atoms with Crippen LogP contribution in [0, 0.1) is 6.92 Å². The maximum Gasteiger partial charge on any atom is 0.313 e. The number of likely N-dealkylation sites (N-methyl/N-ethyl adjacent to an activating group) is 1. The van der Waals surface area contributed by atoms with Crippen molar-refractivity contribution in [2.45, 2.75) is 24.7 Å². The molecule has 0 saturated heterocycles. The molecule has 31 heavy (non-hydrogen) atoms. The molecule has 0 spiro atoms. The first kappa shape index (κ1) is 22.8. The molecule has 1 aliphatic rings. The van der Waals surface area contributed by atoms with Crippen molar-refractivity contribution in [1.82, 2.24) is 10.2 Å². The fourth-order valence-corrected chi connectivity index (χ4v) is 4.90. The summed E-state index contributed by atoms with van der Waals surface area (Å²) in [6.45, 7) is 3.22. The van der Waals surface area contributed by atoms with Gasteiger partial charge in [0.1, 0.15) is 0 Å². The van der Waals surface area contributed by atoms with Crippen molar-refractivity contribution in [1.29, 1.82) is 0 Å². The normalized spacial score (nSPS) is 13.6. The van der Waals surface area contributed by atoms with Gasteiger partial charge in [0.25, 0.3) is 10.0 Å². The summed E-state index contributed by atoms with van der Waals surface area (Å²) >= 11 is 0. The van der Waals surface area contributed by atoms with Gasteiger partial charge in [-0.2, -0.15) is 0 Å².